The van der Waals surface area contributed by atoms with Crippen LogP contribution in [0.15, 0.2) is 40.9 Å². The summed E-state index contributed by atoms with van der Waals surface area (Å²) in [6.07, 6.45) is 1.23. The monoisotopic (exact) mass is 464 g/mol. The predicted octanol–water partition coefficient (Wildman–Crippen LogP) is 4.90. The highest BCUT2D eigenvalue weighted by molar-refractivity contribution is 9.10. The first-order chi connectivity index (χ1) is 14.0. The van der Waals surface area contributed by atoms with Crippen LogP contribution in [-0.2, 0) is 13.2 Å². The summed E-state index contributed by atoms with van der Waals surface area (Å²) in [7, 11) is 0. The van der Waals surface area contributed by atoms with Gasteiger partial charge < -0.3 is 20.1 Å². The maximum atomic E-state index is 13.3. The minimum atomic E-state index is -0.268. The van der Waals surface area contributed by atoms with Crippen LogP contribution in [0.4, 0.5) is 4.39 Å². The van der Waals surface area contributed by atoms with Crippen LogP contribution in [0, 0.1) is 17.7 Å². The van der Waals surface area contributed by atoms with Crippen molar-refractivity contribution in [2.24, 2.45) is 11.8 Å². The lowest BCUT2D eigenvalue weighted by atomic mass is 10.1. The third-order valence-electron chi connectivity index (χ3n) is 4.86. The van der Waals surface area contributed by atoms with E-state index in [1.807, 2.05) is 12.1 Å². The van der Waals surface area contributed by atoms with Gasteiger partial charge in [-0.25, -0.2) is 4.39 Å². The highest BCUT2D eigenvalue weighted by Gasteiger charge is 2.14. The minimum Gasteiger partial charge on any atom is -0.493 e. The molecular formula is C23H30BrFN2O2. The SMILES string of the molecule is CC(C)COc1cc(CNCC2CCNC2)cc(OCc2ccc(F)cc2Br)c1. The molecule has 1 aliphatic rings. The van der Waals surface area contributed by atoms with Gasteiger partial charge in [0.15, 0.2) is 0 Å². The lowest BCUT2D eigenvalue weighted by Crippen LogP contribution is -2.24. The molecule has 1 unspecified atom stereocenters. The molecule has 2 aromatic carbocycles. The first kappa shape index (κ1) is 22.1. The highest BCUT2D eigenvalue weighted by Crippen LogP contribution is 2.26. The maximum Gasteiger partial charge on any atom is 0.124 e. The van der Waals surface area contributed by atoms with Crippen molar-refractivity contribution < 1.29 is 13.9 Å². The highest BCUT2D eigenvalue weighted by atomic mass is 79.9. The lowest BCUT2D eigenvalue weighted by molar-refractivity contribution is 0.265. The van der Waals surface area contributed by atoms with Crippen molar-refractivity contribution in [1.82, 2.24) is 10.6 Å². The van der Waals surface area contributed by atoms with Gasteiger partial charge in [-0.3, -0.25) is 0 Å². The normalized spacial score (nSPS) is 16.4. The number of ether oxygens (including phenoxy) is 2. The smallest absolute Gasteiger partial charge is 0.124 e. The molecule has 1 saturated heterocycles. The molecule has 0 amide bonds. The van der Waals surface area contributed by atoms with Crippen LogP contribution in [0.2, 0.25) is 0 Å². The van der Waals surface area contributed by atoms with E-state index >= 15 is 0 Å². The topological polar surface area (TPSA) is 42.5 Å². The molecule has 0 spiro atoms. The van der Waals surface area contributed by atoms with Gasteiger partial charge >= 0.3 is 0 Å². The predicted molar refractivity (Wildman–Crippen MR) is 118 cm³/mol. The Bertz CT molecular complexity index is 794. The van der Waals surface area contributed by atoms with Crippen LogP contribution < -0.4 is 20.1 Å². The average Bonchev–Trinajstić information content (AvgIpc) is 3.19. The second-order valence-corrected chi connectivity index (χ2v) is 8.89. The Balaban J connectivity index is 1.65. The van der Waals surface area contributed by atoms with E-state index in [2.05, 4.69) is 46.5 Å². The van der Waals surface area contributed by atoms with Gasteiger partial charge in [0.2, 0.25) is 0 Å². The van der Waals surface area contributed by atoms with E-state index in [1.54, 1.807) is 6.07 Å². The molecule has 6 heteroatoms. The summed E-state index contributed by atoms with van der Waals surface area (Å²) >= 11 is 3.40. The van der Waals surface area contributed by atoms with Gasteiger partial charge in [0, 0.05) is 22.6 Å². The summed E-state index contributed by atoms with van der Waals surface area (Å²) in [6, 6.07) is 10.7. The Morgan fingerprint density at radius 3 is 2.66 bits per heavy atom. The molecule has 1 heterocycles. The van der Waals surface area contributed by atoms with Crippen molar-refractivity contribution in [2.75, 3.05) is 26.2 Å². The van der Waals surface area contributed by atoms with Crippen LogP contribution in [0.5, 0.6) is 11.5 Å². The number of rotatable bonds is 10. The molecule has 1 fully saturated rings. The Hall–Kier alpha value is -1.63. The molecule has 158 valence electrons. The second kappa shape index (κ2) is 11.0. The molecule has 2 N–H and O–H groups in total. The van der Waals surface area contributed by atoms with Crippen molar-refractivity contribution >= 4 is 15.9 Å². The van der Waals surface area contributed by atoms with E-state index in [0.29, 0.717) is 29.5 Å². The third kappa shape index (κ3) is 7.28. The molecule has 1 aliphatic heterocycles. The maximum absolute atomic E-state index is 13.3. The lowest BCUT2D eigenvalue weighted by Gasteiger charge is -2.15. The van der Waals surface area contributed by atoms with Gasteiger partial charge in [-0.2, -0.15) is 0 Å². The van der Waals surface area contributed by atoms with Crippen LogP contribution >= 0.6 is 15.9 Å². The van der Waals surface area contributed by atoms with Gasteiger partial charge in [-0.1, -0.05) is 35.8 Å². The molecule has 1 atom stereocenters. The van der Waals surface area contributed by atoms with Gasteiger partial charge in [-0.15, -0.1) is 0 Å². The van der Waals surface area contributed by atoms with E-state index in [-0.39, 0.29) is 5.82 Å². The standard InChI is InChI=1S/C23H30BrFN2O2/c1-16(2)14-28-21-7-18(13-27-12-17-5-6-26-11-17)8-22(10-21)29-15-19-3-4-20(25)9-23(19)24/h3-4,7-10,16-17,26-27H,5-6,11-15H2,1-2H3. The Morgan fingerprint density at radius 2 is 1.97 bits per heavy atom. The van der Waals surface area contributed by atoms with Crippen molar-refractivity contribution in [1.29, 1.82) is 0 Å². The van der Waals surface area contributed by atoms with Gasteiger partial charge in [-0.05, 0) is 67.7 Å². The van der Waals surface area contributed by atoms with Gasteiger partial charge in [0.25, 0.3) is 0 Å². The van der Waals surface area contributed by atoms with Crippen LogP contribution in [-0.4, -0.2) is 26.2 Å². The van der Waals surface area contributed by atoms with Crippen LogP contribution in [0.3, 0.4) is 0 Å². The summed E-state index contributed by atoms with van der Waals surface area (Å²) in [5, 5.41) is 6.95. The fraction of sp³-hybridized carbons (Fsp3) is 0.478. The molecular weight excluding hydrogens is 435 g/mol. The van der Waals surface area contributed by atoms with Crippen LogP contribution in [0.25, 0.3) is 0 Å². The summed E-state index contributed by atoms with van der Waals surface area (Å²) in [6.45, 7) is 9.25. The fourth-order valence-electron chi connectivity index (χ4n) is 3.27. The van der Waals surface area contributed by atoms with E-state index in [0.717, 1.165) is 48.8 Å². The summed E-state index contributed by atoms with van der Waals surface area (Å²) < 4.78 is 26.0. The molecule has 3 rings (SSSR count). The molecule has 0 bridgehead atoms. The quantitative estimate of drug-likeness (QED) is 0.524. The van der Waals surface area contributed by atoms with E-state index in [9.17, 15) is 4.39 Å². The summed E-state index contributed by atoms with van der Waals surface area (Å²) in [4.78, 5) is 0. The largest absolute Gasteiger partial charge is 0.493 e. The minimum absolute atomic E-state index is 0.268. The number of benzene rings is 2. The van der Waals surface area contributed by atoms with E-state index < -0.39 is 0 Å². The first-order valence-electron chi connectivity index (χ1n) is 10.2. The summed E-state index contributed by atoms with van der Waals surface area (Å²) in [5.74, 6) is 2.44. The molecule has 0 aromatic heterocycles. The van der Waals surface area contributed by atoms with Crippen molar-refractivity contribution in [3.8, 4) is 11.5 Å². The number of hydrogen-bond donors (Lipinski definition) is 2. The molecule has 2 aromatic rings. The molecule has 0 radical (unpaired) electrons. The molecule has 0 aliphatic carbocycles. The molecule has 4 nitrogen and oxygen atoms in total. The summed E-state index contributed by atoms with van der Waals surface area (Å²) in [5.41, 5.74) is 2.03. The van der Waals surface area contributed by atoms with Crippen molar-refractivity contribution in [3.63, 3.8) is 0 Å². The van der Waals surface area contributed by atoms with Crippen LogP contribution in [0.1, 0.15) is 31.4 Å². The van der Waals surface area contributed by atoms with Gasteiger partial charge in [0.05, 0.1) is 6.61 Å². The number of hydrogen-bond acceptors (Lipinski definition) is 4. The Morgan fingerprint density at radius 1 is 1.17 bits per heavy atom. The fourth-order valence-corrected chi connectivity index (χ4v) is 3.74. The Kier molecular flexibility index (Phi) is 8.33. The van der Waals surface area contributed by atoms with E-state index in [4.69, 9.17) is 9.47 Å². The zero-order valence-corrected chi connectivity index (χ0v) is 18.7. The first-order valence-corrected chi connectivity index (χ1v) is 11.0. The van der Waals surface area contributed by atoms with E-state index in [1.165, 1.54) is 18.6 Å². The van der Waals surface area contributed by atoms with Crippen molar-refractivity contribution in [2.45, 2.75) is 33.4 Å². The van der Waals surface area contributed by atoms with Crippen molar-refractivity contribution in [3.05, 3.63) is 57.8 Å². The third-order valence-corrected chi connectivity index (χ3v) is 5.60. The number of halogens is 2. The zero-order valence-electron chi connectivity index (χ0n) is 17.1. The van der Waals surface area contributed by atoms with Gasteiger partial charge in [0.1, 0.15) is 23.9 Å². The molecule has 29 heavy (non-hydrogen) atoms. The second-order valence-electron chi connectivity index (χ2n) is 8.03. The zero-order chi connectivity index (χ0) is 20.6. The number of nitrogens with one attached hydrogen (secondary N) is 2. The molecule has 0 saturated carbocycles. The Labute approximate surface area is 181 Å². The average molecular weight is 465 g/mol.